The van der Waals surface area contributed by atoms with Crippen molar-refractivity contribution in [2.24, 2.45) is 11.8 Å². The molecular formula is C22H27NO. The molecule has 2 atom stereocenters. The van der Waals surface area contributed by atoms with Gasteiger partial charge < -0.3 is 10.4 Å². The molecule has 2 N–H and O–H groups in total. The van der Waals surface area contributed by atoms with Crippen molar-refractivity contribution < 1.29 is 5.11 Å². The summed E-state index contributed by atoms with van der Waals surface area (Å²) in [5.74, 6) is 1.30. The van der Waals surface area contributed by atoms with E-state index in [9.17, 15) is 5.11 Å². The predicted molar refractivity (Wildman–Crippen MR) is 101 cm³/mol. The van der Waals surface area contributed by atoms with Crippen LogP contribution in [0.1, 0.15) is 43.7 Å². The molecular weight excluding hydrogens is 294 g/mol. The minimum atomic E-state index is 0.125. The monoisotopic (exact) mass is 321 g/mol. The van der Waals surface area contributed by atoms with Crippen molar-refractivity contribution in [1.29, 1.82) is 0 Å². The van der Waals surface area contributed by atoms with E-state index in [-0.39, 0.29) is 6.04 Å². The van der Waals surface area contributed by atoms with Gasteiger partial charge in [-0.05, 0) is 36.5 Å². The van der Waals surface area contributed by atoms with E-state index in [1.165, 1.54) is 37.7 Å². The van der Waals surface area contributed by atoms with Crippen LogP contribution < -0.4 is 5.32 Å². The molecule has 0 bridgehead atoms. The Labute approximate surface area is 145 Å². The Bertz CT molecular complexity index is 646. The van der Waals surface area contributed by atoms with Gasteiger partial charge >= 0.3 is 0 Å². The van der Waals surface area contributed by atoms with Crippen molar-refractivity contribution >= 4 is 5.69 Å². The molecule has 1 aliphatic rings. The Kier molecular flexibility index (Phi) is 5.58. The number of rotatable bonds is 6. The molecule has 0 saturated heterocycles. The molecule has 2 aromatic rings. The Morgan fingerprint density at radius 3 is 2.29 bits per heavy atom. The molecule has 2 heteroatoms. The molecule has 0 aliphatic heterocycles. The van der Waals surface area contributed by atoms with Gasteiger partial charge in [-0.1, -0.05) is 67.8 Å². The zero-order valence-electron chi connectivity index (χ0n) is 14.2. The molecule has 126 valence electrons. The molecule has 0 unspecified atom stereocenters. The van der Waals surface area contributed by atoms with Crippen molar-refractivity contribution in [3.05, 3.63) is 72.8 Å². The van der Waals surface area contributed by atoms with Crippen LogP contribution in [0.15, 0.2) is 67.3 Å². The lowest BCUT2D eigenvalue weighted by Gasteiger charge is -2.35. The number of aromatic hydroxyl groups is 1. The summed E-state index contributed by atoms with van der Waals surface area (Å²) in [6.07, 6.45) is 8.62. The van der Waals surface area contributed by atoms with E-state index >= 15 is 0 Å². The third-order valence-corrected chi connectivity index (χ3v) is 5.22. The summed E-state index contributed by atoms with van der Waals surface area (Å²) < 4.78 is 0. The SMILES string of the molecule is C=C[C@H](C1CCCCC1)[C@@H](Nc1ccccc1O)c1ccccc1. The number of phenols is 1. The zero-order chi connectivity index (χ0) is 16.8. The smallest absolute Gasteiger partial charge is 0.138 e. The van der Waals surface area contributed by atoms with E-state index in [1.54, 1.807) is 6.07 Å². The highest BCUT2D eigenvalue weighted by atomic mass is 16.3. The van der Waals surface area contributed by atoms with Crippen LogP contribution in [0.3, 0.4) is 0 Å². The molecule has 1 fully saturated rings. The highest BCUT2D eigenvalue weighted by molar-refractivity contribution is 5.56. The first-order valence-corrected chi connectivity index (χ1v) is 9.01. The van der Waals surface area contributed by atoms with Crippen LogP contribution in [-0.2, 0) is 0 Å². The second-order valence-corrected chi connectivity index (χ2v) is 6.76. The van der Waals surface area contributed by atoms with Gasteiger partial charge in [-0.2, -0.15) is 0 Å². The summed E-state index contributed by atoms with van der Waals surface area (Å²) in [4.78, 5) is 0. The quantitative estimate of drug-likeness (QED) is 0.510. The van der Waals surface area contributed by atoms with E-state index < -0.39 is 0 Å². The van der Waals surface area contributed by atoms with E-state index in [1.807, 2.05) is 24.3 Å². The fourth-order valence-corrected chi connectivity index (χ4v) is 3.95. The van der Waals surface area contributed by atoms with Crippen LogP contribution in [0.4, 0.5) is 5.69 Å². The summed E-state index contributed by atoms with van der Waals surface area (Å²) in [5, 5.41) is 13.8. The van der Waals surface area contributed by atoms with E-state index in [2.05, 4.69) is 42.2 Å². The molecule has 0 radical (unpaired) electrons. The number of benzene rings is 2. The summed E-state index contributed by atoms with van der Waals surface area (Å²) in [5.41, 5.74) is 2.03. The summed E-state index contributed by atoms with van der Waals surface area (Å²) >= 11 is 0. The van der Waals surface area contributed by atoms with Crippen molar-refractivity contribution in [3.8, 4) is 5.75 Å². The molecule has 1 saturated carbocycles. The van der Waals surface area contributed by atoms with Crippen molar-refractivity contribution in [2.45, 2.75) is 38.1 Å². The van der Waals surface area contributed by atoms with E-state index in [0.717, 1.165) is 5.69 Å². The van der Waals surface area contributed by atoms with Gasteiger partial charge in [0.25, 0.3) is 0 Å². The molecule has 2 aromatic carbocycles. The molecule has 0 amide bonds. The maximum absolute atomic E-state index is 10.2. The highest BCUT2D eigenvalue weighted by Gasteiger charge is 2.29. The van der Waals surface area contributed by atoms with Crippen molar-refractivity contribution in [3.63, 3.8) is 0 Å². The number of nitrogens with one attached hydrogen (secondary N) is 1. The first kappa shape index (κ1) is 16.6. The van der Waals surface area contributed by atoms with Gasteiger partial charge in [0.1, 0.15) is 5.75 Å². The van der Waals surface area contributed by atoms with Gasteiger partial charge in [-0.3, -0.25) is 0 Å². The Balaban J connectivity index is 1.91. The maximum atomic E-state index is 10.2. The van der Waals surface area contributed by atoms with Crippen LogP contribution in [0.25, 0.3) is 0 Å². The summed E-state index contributed by atoms with van der Waals surface area (Å²) in [7, 11) is 0. The van der Waals surface area contributed by atoms with Gasteiger partial charge in [0.15, 0.2) is 0 Å². The first-order chi connectivity index (χ1) is 11.8. The highest BCUT2D eigenvalue weighted by Crippen LogP contribution is 2.40. The lowest BCUT2D eigenvalue weighted by Crippen LogP contribution is -2.27. The van der Waals surface area contributed by atoms with Gasteiger partial charge in [0.05, 0.1) is 11.7 Å². The fraction of sp³-hybridized carbons (Fsp3) is 0.364. The third kappa shape index (κ3) is 3.81. The number of phenolic OH excluding ortho intramolecular Hbond substituents is 1. The standard InChI is InChI=1S/C22H27NO/c1-2-19(17-11-5-3-6-12-17)22(18-13-7-4-8-14-18)23-20-15-9-10-16-21(20)24/h2,4,7-10,13-17,19,22-24H,1,3,5-6,11-12H2/t19-,22+/m1/s1. The molecule has 0 spiro atoms. The van der Waals surface area contributed by atoms with Crippen molar-refractivity contribution in [1.82, 2.24) is 0 Å². The number of para-hydroxylation sites is 2. The van der Waals surface area contributed by atoms with E-state index in [4.69, 9.17) is 0 Å². The third-order valence-electron chi connectivity index (χ3n) is 5.22. The van der Waals surface area contributed by atoms with Crippen LogP contribution in [0, 0.1) is 11.8 Å². The number of anilines is 1. The molecule has 0 aromatic heterocycles. The van der Waals surface area contributed by atoms with Gasteiger partial charge in [0.2, 0.25) is 0 Å². The Hall–Kier alpha value is -2.22. The average molecular weight is 321 g/mol. The Morgan fingerprint density at radius 1 is 0.958 bits per heavy atom. The minimum absolute atomic E-state index is 0.125. The van der Waals surface area contributed by atoms with Gasteiger partial charge in [-0.25, -0.2) is 0 Å². The van der Waals surface area contributed by atoms with E-state index in [0.29, 0.717) is 17.6 Å². The summed E-state index contributed by atoms with van der Waals surface area (Å²) in [6.45, 7) is 4.14. The molecule has 3 rings (SSSR count). The normalized spacial score (nSPS) is 17.8. The first-order valence-electron chi connectivity index (χ1n) is 9.01. The Morgan fingerprint density at radius 2 is 1.62 bits per heavy atom. The van der Waals surface area contributed by atoms with Crippen LogP contribution in [0.5, 0.6) is 5.75 Å². The average Bonchev–Trinajstić information content (AvgIpc) is 2.65. The minimum Gasteiger partial charge on any atom is -0.506 e. The van der Waals surface area contributed by atoms with Gasteiger partial charge in [-0.15, -0.1) is 6.58 Å². The second kappa shape index (κ2) is 8.05. The van der Waals surface area contributed by atoms with Gasteiger partial charge in [0, 0.05) is 5.92 Å². The molecule has 24 heavy (non-hydrogen) atoms. The zero-order valence-corrected chi connectivity index (χ0v) is 14.2. The van der Waals surface area contributed by atoms with Crippen LogP contribution >= 0.6 is 0 Å². The molecule has 2 nitrogen and oxygen atoms in total. The molecule has 1 aliphatic carbocycles. The fourth-order valence-electron chi connectivity index (χ4n) is 3.95. The largest absolute Gasteiger partial charge is 0.506 e. The lowest BCUT2D eigenvalue weighted by molar-refractivity contribution is 0.265. The molecule has 0 heterocycles. The number of hydrogen-bond donors (Lipinski definition) is 2. The van der Waals surface area contributed by atoms with Crippen LogP contribution in [0.2, 0.25) is 0 Å². The lowest BCUT2D eigenvalue weighted by atomic mass is 9.75. The second-order valence-electron chi connectivity index (χ2n) is 6.76. The maximum Gasteiger partial charge on any atom is 0.138 e. The van der Waals surface area contributed by atoms with Crippen molar-refractivity contribution in [2.75, 3.05) is 5.32 Å². The number of hydrogen-bond acceptors (Lipinski definition) is 2. The summed E-state index contributed by atoms with van der Waals surface area (Å²) in [6, 6.07) is 18.1. The predicted octanol–water partition coefficient (Wildman–Crippen LogP) is 5.93. The topological polar surface area (TPSA) is 32.3 Å². The van der Waals surface area contributed by atoms with Crippen LogP contribution in [-0.4, -0.2) is 5.11 Å².